The van der Waals surface area contributed by atoms with Crippen molar-refractivity contribution in [2.24, 2.45) is 0 Å². The molecule has 3 N–H and O–H groups in total. The summed E-state index contributed by atoms with van der Waals surface area (Å²) in [6, 6.07) is 4.92. The first-order valence-corrected chi connectivity index (χ1v) is 6.00. The van der Waals surface area contributed by atoms with Gasteiger partial charge in [0.05, 0.1) is 25.4 Å². The SMILES string of the molecule is CNC(=O)c1ccc(N)cc1OCCOCCOC. The minimum atomic E-state index is -0.213. The highest BCUT2D eigenvalue weighted by molar-refractivity contribution is 5.97. The van der Waals surface area contributed by atoms with Crippen LogP contribution in [0.25, 0.3) is 0 Å². The lowest BCUT2D eigenvalue weighted by Crippen LogP contribution is -2.19. The fourth-order valence-corrected chi connectivity index (χ4v) is 1.44. The molecule has 0 aliphatic rings. The zero-order valence-corrected chi connectivity index (χ0v) is 11.3. The molecule has 6 heteroatoms. The first kappa shape index (κ1) is 15.3. The van der Waals surface area contributed by atoms with E-state index in [9.17, 15) is 4.79 Å². The normalized spacial score (nSPS) is 10.2. The van der Waals surface area contributed by atoms with Gasteiger partial charge in [0.1, 0.15) is 12.4 Å². The molecule has 6 nitrogen and oxygen atoms in total. The number of carbonyl (C=O) groups is 1. The molecule has 106 valence electrons. The Morgan fingerprint density at radius 3 is 2.68 bits per heavy atom. The van der Waals surface area contributed by atoms with E-state index in [1.807, 2.05) is 0 Å². The first-order valence-electron chi connectivity index (χ1n) is 6.00. The number of nitrogens with two attached hydrogens (primary N) is 1. The van der Waals surface area contributed by atoms with Gasteiger partial charge in [-0.15, -0.1) is 0 Å². The van der Waals surface area contributed by atoms with Crippen LogP contribution >= 0.6 is 0 Å². The predicted molar refractivity (Wildman–Crippen MR) is 72.4 cm³/mol. The molecule has 0 aliphatic carbocycles. The van der Waals surface area contributed by atoms with Crippen LogP contribution in [0.4, 0.5) is 5.69 Å². The maximum absolute atomic E-state index is 11.6. The third kappa shape index (κ3) is 5.15. The monoisotopic (exact) mass is 268 g/mol. The molecule has 0 unspecified atom stereocenters. The Bertz CT molecular complexity index is 410. The van der Waals surface area contributed by atoms with Crippen molar-refractivity contribution in [1.29, 1.82) is 0 Å². The summed E-state index contributed by atoms with van der Waals surface area (Å²) < 4.78 is 15.6. The van der Waals surface area contributed by atoms with Gasteiger partial charge in [-0.2, -0.15) is 0 Å². The van der Waals surface area contributed by atoms with E-state index < -0.39 is 0 Å². The summed E-state index contributed by atoms with van der Waals surface area (Å²) in [5, 5.41) is 2.55. The Hall–Kier alpha value is -1.79. The highest BCUT2D eigenvalue weighted by atomic mass is 16.5. The van der Waals surface area contributed by atoms with E-state index in [4.69, 9.17) is 19.9 Å². The third-order valence-corrected chi connectivity index (χ3v) is 2.39. The topological polar surface area (TPSA) is 82.8 Å². The van der Waals surface area contributed by atoms with Crippen molar-refractivity contribution in [2.45, 2.75) is 0 Å². The summed E-state index contributed by atoms with van der Waals surface area (Å²) in [5.41, 5.74) is 6.68. The second kappa shape index (κ2) is 8.34. The summed E-state index contributed by atoms with van der Waals surface area (Å²) >= 11 is 0. The molecule has 1 rings (SSSR count). The van der Waals surface area contributed by atoms with Gasteiger partial charge < -0.3 is 25.3 Å². The van der Waals surface area contributed by atoms with Gasteiger partial charge in [0, 0.05) is 25.9 Å². The Morgan fingerprint density at radius 1 is 1.26 bits per heavy atom. The molecule has 0 heterocycles. The summed E-state index contributed by atoms with van der Waals surface area (Å²) in [7, 11) is 3.18. The van der Waals surface area contributed by atoms with Crippen LogP contribution < -0.4 is 15.8 Å². The minimum absolute atomic E-state index is 0.213. The predicted octanol–water partition coefficient (Wildman–Crippen LogP) is 0.670. The lowest BCUT2D eigenvalue weighted by molar-refractivity contribution is 0.0542. The van der Waals surface area contributed by atoms with Gasteiger partial charge in [-0.3, -0.25) is 4.79 Å². The second-order valence-corrected chi connectivity index (χ2v) is 3.79. The molecule has 0 atom stereocenters. The Kier molecular flexibility index (Phi) is 6.70. The number of methoxy groups -OCH3 is 1. The number of amides is 1. The Morgan fingerprint density at radius 2 is 2.00 bits per heavy atom. The molecule has 0 radical (unpaired) electrons. The van der Waals surface area contributed by atoms with E-state index in [0.29, 0.717) is 43.4 Å². The van der Waals surface area contributed by atoms with Crippen LogP contribution in [0.2, 0.25) is 0 Å². The van der Waals surface area contributed by atoms with Gasteiger partial charge in [-0.25, -0.2) is 0 Å². The van der Waals surface area contributed by atoms with E-state index in [0.717, 1.165) is 0 Å². The molecular formula is C13H20N2O4. The molecule has 19 heavy (non-hydrogen) atoms. The molecule has 0 saturated heterocycles. The fraction of sp³-hybridized carbons (Fsp3) is 0.462. The van der Waals surface area contributed by atoms with Gasteiger partial charge in [-0.1, -0.05) is 0 Å². The van der Waals surface area contributed by atoms with Crippen molar-refractivity contribution < 1.29 is 19.0 Å². The number of anilines is 1. The number of nitrogen functional groups attached to an aromatic ring is 1. The number of ether oxygens (including phenoxy) is 3. The number of hydrogen-bond acceptors (Lipinski definition) is 5. The molecule has 0 bridgehead atoms. The molecule has 1 aromatic rings. The Labute approximate surface area is 112 Å². The van der Waals surface area contributed by atoms with Gasteiger partial charge in [0.25, 0.3) is 5.91 Å². The zero-order valence-electron chi connectivity index (χ0n) is 11.3. The van der Waals surface area contributed by atoms with Gasteiger partial charge >= 0.3 is 0 Å². The van der Waals surface area contributed by atoms with E-state index in [1.54, 1.807) is 32.4 Å². The Balaban J connectivity index is 2.51. The largest absolute Gasteiger partial charge is 0.490 e. The lowest BCUT2D eigenvalue weighted by atomic mass is 10.1. The van der Waals surface area contributed by atoms with E-state index in [1.165, 1.54) is 0 Å². The third-order valence-electron chi connectivity index (χ3n) is 2.39. The van der Waals surface area contributed by atoms with Crippen LogP contribution in [-0.2, 0) is 9.47 Å². The quantitative estimate of drug-likeness (QED) is 0.535. The van der Waals surface area contributed by atoms with Gasteiger partial charge in [0.2, 0.25) is 0 Å². The second-order valence-electron chi connectivity index (χ2n) is 3.79. The van der Waals surface area contributed by atoms with Crippen molar-refractivity contribution in [2.75, 3.05) is 46.3 Å². The van der Waals surface area contributed by atoms with Crippen LogP contribution in [0.15, 0.2) is 18.2 Å². The molecular weight excluding hydrogens is 248 g/mol. The molecule has 1 amide bonds. The fourth-order valence-electron chi connectivity index (χ4n) is 1.44. The maximum Gasteiger partial charge on any atom is 0.254 e. The van der Waals surface area contributed by atoms with Crippen LogP contribution in [0, 0.1) is 0 Å². The standard InChI is InChI=1S/C13H20N2O4/c1-15-13(16)11-4-3-10(14)9-12(11)19-8-7-18-6-5-17-2/h3-4,9H,5-8,14H2,1-2H3,(H,15,16). The van der Waals surface area contributed by atoms with Gasteiger partial charge in [-0.05, 0) is 12.1 Å². The molecule has 0 aliphatic heterocycles. The number of nitrogens with one attached hydrogen (secondary N) is 1. The number of benzene rings is 1. The van der Waals surface area contributed by atoms with Crippen molar-refractivity contribution in [1.82, 2.24) is 5.32 Å². The van der Waals surface area contributed by atoms with E-state index in [-0.39, 0.29) is 5.91 Å². The summed E-state index contributed by atoms with van der Waals surface area (Å²) in [6.45, 7) is 1.82. The van der Waals surface area contributed by atoms with Gasteiger partial charge in [0.15, 0.2) is 0 Å². The number of rotatable bonds is 8. The smallest absolute Gasteiger partial charge is 0.254 e. The molecule has 1 aromatic carbocycles. The minimum Gasteiger partial charge on any atom is -0.490 e. The lowest BCUT2D eigenvalue weighted by Gasteiger charge is -2.11. The van der Waals surface area contributed by atoms with Crippen LogP contribution in [-0.4, -0.2) is 46.5 Å². The van der Waals surface area contributed by atoms with E-state index >= 15 is 0 Å². The summed E-state index contributed by atoms with van der Waals surface area (Å²) in [4.78, 5) is 11.6. The van der Waals surface area contributed by atoms with Crippen molar-refractivity contribution in [3.63, 3.8) is 0 Å². The average molecular weight is 268 g/mol. The molecule has 0 spiro atoms. The first-order chi connectivity index (χ1) is 9.19. The molecule has 0 saturated carbocycles. The average Bonchev–Trinajstić information content (AvgIpc) is 2.42. The zero-order chi connectivity index (χ0) is 14.1. The van der Waals surface area contributed by atoms with E-state index in [2.05, 4.69) is 5.32 Å². The van der Waals surface area contributed by atoms with Crippen molar-refractivity contribution in [3.05, 3.63) is 23.8 Å². The molecule has 0 fully saturated rings. The molecule has 0 aromatic heterocycles. The van der Waals surface area contributed by atoms with Crippen molar-refractivity contribution >= 4 is 11.6 Å². The summed E-state index contributed by atoms with van der Waals surface area (Å²) in [6.07, 6.45) is 0. The van der Waals surface area contributed by atoms with Crippen LogP contribution in [0.5, 0.6) is 5.75 Å². The van der Waals surface area contributed by atoms with Crippen molar-refractivity contribution in [3.8, 4) is 5.75 Å². The number of hydrogen-bond donors (Lipinski definition) is 2. The van der Waals surface area contributed by atoms with Crippen LogP contribution in [0.1, 0.15) is 10.4 Å². The number of carbonyl (C=O) groups excluding carboxylic acids is 1. The maximum atomic E-state index is 11.6. The highest BCUT2D eigenvalue weighted by Gasteiger charge is 2.11. The van der Waals surface area contributed by atoms with Crippen LogP contribution in [0.3, 0.4) is 0 Å². The highest BCUT2D eigenvalue weighted by Crippen LogP contribution is 2.21. The summed E-state index contributed by atoms with van der Waals surface area (Å²) in [5.74, 6) is 0.241.